The fourth-order valence-electron chi connectivity index (χ4n) is 1.68. The van der Waals surface area contributed by atoms with Crippen molar-refractivity contribution in [1.82, 2.24) is 9.88 Å². The van der Waals surface area contributed by atoms with Gasteiger partial charge in [-0.15, -0.1) is 0 Å². The number of rotatable bonds is 6. The van der Waals surface area contributed by atoms with Crippen molar-refractivity contribution >= 4 is 17.5 Å². The number of aliphatic hydroxyl groups is 2. The topological polar surface area (TPSA) is 73.7 Å². The third kappa shape index (κ3) is 4.45. The molecule has 0 saturated carbocycles. The molecule has 0 atom stereocenters. The molecule has 0 aliphatic heterocycles. The van der Waals surface area contributed by atoms with E-state index in [0.29, 0.717) is 5.56 Å². The lowest BCUT2D eigenvalue weighted by atomic mass is 10.1. The Hall–Kier alpha value is -1.17. The number of hydrogen-bond acceptors (Lipinski definition) is 4. The van der Waals surface area contributed by atoms with E-state index in [1.807, 2.05) is 13.8 Å². The SMILES string of the molecule is CC(C)c1cc(C(=O)N(CCO)CCO)cc(Cl)n1. The smallest absolute Gasteiger partial charge is 0.254 e. The summed E-state index contributed by atoms with van der Waals surface area (Å²) in [6, 6.07) is 3.19. The molecule has 2 N–H and O–H groups in total. The molecule has 1 aromatic rings. The molecule has 0 aliphatic carbocycles. The third-order valence-electron chi connectivity index (χ3n) is 2.68. The summed E-state index contributed by atoms with van der Waals surface area (Å²) in [4.78, 5) is 17.8. The van der Waals surface area contributed by atoms with Crippen LogP contribution in [0, 0.1) is 0 Å². The molecule has 0 fully saturated rings. The molecular weight excluding hydrogens is 268 g/mol. The summed E-state index contributed by atoms with van der Waals surface area (Å²) < 4.78 is 0. The van der Waals surface area contributed by atoms with Crippen molar-refractivity contribution in [2.45, 2.75) is 19.8 Å². The van der Waals surface area contributed by atoms with Gasteiger partial charge in [-0.3, -0.25) is 4.79 Å². The van der Waals surface area contributed by atoms with Crippen LogP contribution in [0.1, 0.15) is 35.8 Å². The molecule has 0 spiro atoms. The van der Waals surface area contributed by atoms with Gasteiger partial charge in [0.25, 0.3) is 5.91 Å². The van der Waals surface area contributed by atoms with Gasteiger partial charge in [-0.05, 0) is 18.1 Å². The van der Waals surface area contributed by atoms with Gasteiger partial charge in [0.1, 0.15) is 5.15 Å². The Labute approximate surface area is 117 Å². The second-order valence-electron chi connectivity index (χ2n) is 4.50. The summed E-state index contributed by atoms with van der Waals surface area (Å²) in [7, 11) is 0. The number of aromatic nitrogens is 1. The largest absolute Gasteiger partial charge is 0.395 e. The Kier molecular flexibility index (Phi) is 6.21. The highest BCUT2D eigenvalue weighted by Crippen LogP contribution is 2.18. The number of aliphatic hydroxyl groups excluding tert-OH is 2. The van der Waals surface area contributed by atoms with Crippen LogP contribution >= 0.6 is 11.6 Å². The van der Waals surface area contributed by atoms with Crippen LogP contribution in [0.4, 0.5) is 0 Å². The van der Waals surface area contributed by atoms with Crippen LogP contribution in [-0.4, -0.2) is 52.3 Å². The Morgan fingerprint density at radius 2 is 1.89 bits per heavy atom. The molecule has 1 amide bonds. The second-order valence-corrected chi connectivity index (χ2v) is 4.88. The number of nitrogens with zero attached hydrogens (tertiary/aromatic N) is 2. The maximum atomic E-state index is 12.3. The van der Waals surface area contributed by atoms with Crippen molar-refractivity contribution < 1.29 is 15.0 Å². The predicted molar refractivity (Wildman–Crippen MR) is 73.4 cm³/mol. The quantitative estimate of drug-likeness (QED) is 0.773. The van der Waals surface area contributed by atoms with E-state index < -0.39 is 0 Å². The molecule has 0 aromatic carbocycles. The van der Waals surface area contributed by atoms with E-state index in [4.69, 9.17) is 21.8 Å². The number of carbonyl (C=O) groups is 1. The van der Waals surface area contributed by atoms with Gasteiger partial charge < -0.3 is 15.1 Å². The summed E-state index contributed by atoms with van der Waals surface area (Å²) >= 11 is 5.92. The van der Waals surface area contributed by atoms with Gasteiger partial charge in [-0.2, -0.15) is 0 Å². The highest BCUT2D eigenvalue weighted by Gasteiger charge is 2.17. The van der Waals surface area contributed by atoms with Crippen LogP contribution in [0.25, 0.3) is 0 Å². The number of hydrogen-bond donors (Lipinski definition) is 2. The Morgan fingerprint density at radius 1 is 1.32 bits per heavy atom. The molecule has 1 rings (SSSR count). The average Bonchev–Trinajstić information content (AvgIpc) is 2.37. The standard InChI is InChI=1S/C13H19ClN2O3/c1-9(2)11-7-10(8-12(14)15-11)13(19)16(3-5-17)4-6-18/h7-9,17-18H,3-6H2,1-2H3. The normalized spacial score (nSPS) is 10.8. The van der Waals surface area contributed by atoms with E-state index in [9.17, 15) is 4.79 Å². The minimum atomic E-state index is -0.269. The van der Waals surface area contributed by atoms with Crippen molar-refractivity contribution in [2.75, 3.05) is 26.3 Å². The summed E-state index contributed by atoms with van der Waals surface area (Å²) in [5, 5.41) is 18.2. The van der Waals surface area contributed by atoms with Crippen molar-refractivity contribution in [2.24, 2.45) is 0 Å². The monoisotopic (exact) mass is 286 g/mol. The first-order chi connectivity index (χ1) is 8.99. The first-order valence-electron chi connectivity index (χ1n) is 6.18. The van der Waals surface area contributed by atoms with E-state index in [0.717, 1.165) is 5.69 Å². The predicted octanol–water partition coefficient (Wildman–Crippen LogP) is 1.29. The van der Waals surface area contributed by atoms with E-state index in [1.54, 1.807) is 6.07 Å². The van der Waals surface area contributed by atoms with Gasteiger partial charge in [-0.25, -0.2) is 4.98 Å². The third-order valence-corrected chi connectivity index (χ3v) is 2.87. The van der Waals surface area contributed by atoms with Gasteiger partial charge in [0.05, 0.1) is 13.2 Å². The van der Waals surface area contributed by atoms with Crippen LogP contribution in [0.15, 0.2) is 12.1 Å². The highest BCUT2D eigenvalue weighted by molar-refractivity contribution is 6.29. The van der Waals surface area contributed by atoms with Gasteiger partial charge in [0, 0.05) is 24.3 Å². The van der Waals surface area contributed by atoms with Crippen molar-refractivity contribution in [1.29, 1.82) is 0 Å². The van der Waals surface area contributed by atoms with Gasteiger partial charge in [-0.1, -0.05) is 25.4 Å². The van der Waals surface area contributed by atoms with E-state index in [-0.39, 0.29) is 43.3 Å². The van der Waals surface area contributed by atoms with Crippen LogP contribution < -0.4 is 0 Å². The van der Waals surface area contributed by atoms with Crippen LogP contribution in [-0.2, 0) is 0 Å². The van der Waals surface area contributed by atoms with Crippen LogP contribution in [0.3, 0.4) is 0 Å². The first kappa shape index (κ1) is 15.9. The van der Waals surface area contributed by atoms with Gasteiger partial charge >= 0.3 is 0 Å². The zero-order valence-electron chi connectivity index (χ0n) is 11.1. The molecule has 0 aliphatic rings. The first-order valence-corrected chi connectivity index (χ1v) is 6.55. The summed E-state index contributed by atoms with van der Waals surface area (Å²) in [5.74, 6) is -0.108. The number of carbonyl (C=O) groups excluding carboxylic acids is 1. The molecule has 5 nitrogen and oxygen atoms in total. The van der Waals surface area contributed by atoms with Gasteiger partial charge in [0.2, 0.25) is 0 Å². The average molecular weight is 287 g/mol. The molecule has 19 heavy (non-hydrogen) atoms. The Balaban J connectivity index is 3.02. The summed E-state index contributed by atoms with van der Waals surface area (Å²) in [6.45, 7) is 3.98. The minimum absolute atomic E-state index is 0.151. The summed E-state index contributed by atoms with van der Waals surface area (Å²) in [6.07, 6.45) is 0. The van der Waals surface area contributed by atoms with Gasteiger partial charge in [0.15, 0.2) is 0 Å². The Morgan fingerprint density at radius 3 is 2.37 bits per heavy atom. The van der Waals surface area contributed by atoms with E-state index in [1.165, 1.54) is 11.0 Å². The molecule has 0 radical (unpaired) electrons. The van der Waals surface area contributed by atoms with Crippen LogP contribution in [0.5, 0.6) is 0 Å². The zero-order valence-corrected chi connectivity index (χ0v) is 11.9. The lowest BCUT2D eigenvalue weighted by Crippen LogP contribution is -2.36. The number of halogens is 1. The fourth-order valence-corrected chi connectivity index (χ4v) is 1.89. The molecule has 0 saturated heterocycles. The van der Waals surface area contributed by atoms with E-state index in [2.05, 4.69) is 4.98 Å². The van der Waals surface area contributed by atoms with E-state index >= 15 is 0 Å². The lowest BCUT2D eigenvalue weighted by molar-refractivity contribution is 0.0684. The van der Waals surface area contributed by atoms with Crippen molar-refractivity contribution in [3.63, 3.8) is 0 Å². The maximum absolute atomic E-state index is 12.3. The Bertz CT molecular complexity index is 432. The second kappa shape index (κ2) is 7.43. The number of amides is 1. The van der Waals surface area contributed by atoms with Crippen molar-refractivity contribution in [3.8, 4) is 0 Å². The molecule has 0 unspecified atom stereocenters. The van der Waals surface area contributed by atoms with Crippen LogP contribution in [0.2, 0.25) is 5.15 Å². The highest BCUT2D eigenvalue weighted by atomic mass is 35.5. The maximum Gasteiger partial charge on any atom is 0.254 e. The molecular formula is C13H19ClN2O3. The number of pyridine rings is 1. The molecule has 6 heteroatoms. The molecule has 1 aromatic heterocycles. The minimum Gasteiger partial charge on any atom is -0.395 e. The van der Waals surface area contributed by atoms with Crippen molar-refractivity contribution in [3.05, 3.63) is 28.5 Å². The zero-order chi connectivity index (χ0) is 14.4. The molecule has 0 bridgehead atoms. The summed E-state index contributed by atoms with van der Waals surface area (Å²) in [5.41, 5.74) is 1.16. The molecule has 1 heterocycles. The molecule has 106 valence electrons. The fraction of sp³-hybridized carbons (Fsp3) is 0.538. The lowest BCUT2D eigenvalue weighted by Gasteiger charge is -2.21.